The van der Waals surface area contributed by atoms with Crippen LogP contribution in [0.25, 0.3) is 0 Å². The van der Waals surface area contributed by atoms with E-state index in [1.165, 1.54) is 5.69 Å². The largest absolute Gasteiger partial charge is 0.364 e. The predicted molar refractivity (Wildman–Crippen MR) is 71.1 cm³/mol. The van der Waals surface area contributed by atoms with Gasteiger partial charge in [0.2, 0.25) is 0 Å². The van der Waals surface area contributed by atoms with Gasteiger partial charge in [-0.1, -0.05) is 0 Å². The van der Waals surface area contributed by atoms with Crippen LogP contribution in [-0.4, -0.2) is 61.1 Å². The van der Waals surface area contributed by atoms with E-state index in [1.54, 1.807) is 0 Å². The Labute approximate surface area is 104 Å². The summed E-state index contributed by atoms with van der Waals surface area (Å²) in [5.41, 5.74) is 1.31. The Kier molecular flexibility index (Phi) is 4.20. The lowest BCUT2D eigenvalue weighted by molar-refractivity contribution is 0.104. The number of aromatic amines is 1. The highest BCUT2D eigenvalue weighted by atomic mass is 15.3. The van der Waals surface area contributed by atoms with Crippen LogP contribution in [0, 0.1) is 0 Å². The number of hydrogen-bond donors (Lipinski definition) is 2. The van der Waals surface area contributed by atoms with Crippen molar-refractivity contribution in [2.24, 2.45) is 0 Å². The standard InChI is InChI=1S/C13H24N4/c1-11(17-9-7-14-8-10-17)13(16(2)3)12-5-4-6-15-12/h4-6,11,13-15H,7-10H2,1-3H3. The first kappa shape index (κ1) is 12.6. The average molecular weight is 236 g/mol. The zero-order chi connectivity index (χ0) is 12.3. The van der Waals surface area contributed by atoms with E-state index in [1.807, 2.05) is 6.20 Å². The molecule has 96 valence electrons. The van der Waals surface area contributed by atoms with Gasteiger partial charge in [0.15, 0.2) is 0 Å². The Morgan fingerprint density at radius 1 is 1.29 bits per heavy atom. The molecule has 1 aliphatic rings. The SMILES string of the molecule is CC(C(c1ccc[nH]1)N(C)C)N1CCNCC1. The highest BCUT2D eigenvalue weighted by molar-refractivity contribution is 5.11. The maximum absolute atomic E-state index is 3.41. The lowest BCUT2D eigenvalue weighted by Crippen LogP contribution is -2.51. The van der Waals surface area contributed by atoms with Crippen molar-refractivity contribution in [3.05, 3.63) is 24.0 Å². The quantitative estimate of drug-likeness (QED) is 0.815. The second kappa shape index (κ2) is 5.67. The molecule has 0 radical (unpaired) electrons. The fourth-order valence-electron chi connectivity index (χ4n) is 2.79. The zero-order valence-electron chi connectivity index (χ0n) is 11.1. The molecule has 0 bridgehead atoms. The van der Waals surface area contributed by atoms with Gasteiger partial charge in [0.05, 0.1) is 6.04 Å². The summed E-state index contributed by atoms with van der Waals surface area (Å²) in [6.07, 6.45) is 2.01. The molecular weight excluding hydrogens is 212 g/mol. The number of hydrogen-bond acceptors (Lipinski definition) is 3. The molecule has 1 saturated heterocycles. The molecule has 17 heavy (non-hydrogen) atoms. The number of nitrogens with one attached hydrogen (secondary N) is 2. The molecule has 0 amide bonds. The molecular formula is C13H24N4. The summed E-state index contributed by atoms with van der Waals surface area (Å²) in [5.74, 6) is 0. The average Bonchev–Trinajstić information content (AvgIpc) is 2.83. The van der Waals surface area contributed by atoms with E-state index >= 15 is 0 Å². The molecule has 0 spiro atoms. The Balaban J connectivity index is 2.10. The molecule has 0 saturated carbocycles. The van der Waals surface area contributed by atoms with Crippen LogP contribution in [0.3, 0.4) is 0 Å². The molecule has 1 aromatic rings. The maximum atomic E-state index is 3.41. The van der Waals surface area contributed by atoms with E-state index in [-0.39, 0.29) is 0 Å². The van der Waals surface area contributed by atoms with Crippen LogP contribution in [0.5, 0.6) is 0 Å². The molecule has 2 atom stereocenters. The first-order chi connectivity index (χ1) is 8.20. The lowest BCUT2D eigenvalue weighted by atomic mass is 10.0. The fraction of sp³-hybridized carbons (Fsp3) is 0.692. The van der Waals surface area contributed by atoms with Crippen LogP contribution in [0.15, 0.2) is 18.3 Å². The Morgan fingerprint density at radius 3 is 2.53 bits per heavy atom. The zero-order valence-corrected chi connectivity index (χ0v) is 11.1. The number of H-pyrrole nitrogens is 1. The number of aromatic nitrogens is 1. The lowest BCUT2D eigenvalue weighted by Gasteiger charge is -2.39. The molecule has 2 unspecified atom stereocenters. The molecule has 2 heterocycles. The Hall–Kier alpha value is -0.840. The first-order valence-corrected chi connectivity index (χ1v) is 6.44. The van der Waals surface area contributed by atoms with Gasteiger partial charge in [0.1, 0.15) is 0 Å². The Morgan fingerprint density at radius 2 is 2.00 bits per heavy atom. The van der Waals surface area contributed by atoms with E-state index in [0.717, 1.165) is 26.2 Å². The van der Waals surface area contributed by atoms with Crippen molar-refractivity contribution in [2.45, 2.75) is 19.0 Å². The number of rotatable bonds is 4. The van der Waals surface area contributed by atoms with Gasteiger partial charge in [-0.05, 0) is 33.2 Å². The fourth-order valence-corrected chi connectivity index (χ4v) is 2.79. The van der Waals surface area contributed by atoms with Gasteiger partial charge in [0, 0.05) is 44.1 Å². The molecule has 0 aliphatic carbocycles. The number of likely N-dealkylation sites (N-methyl/N-ethyl adjacent to an activating group) is 1. The van der Waals surface area contributed by atoms with Crippen LogP contribution >= 0.6 is 0 Å². The monoisotopic (exact) mass is 236 g/mol. The van der Waals surface area contributed by atoms with Gasteiger partial charge in [-0.15, -0.1) is 0 Å². The van der Waals surface area contributed by atoms with Crippen molar-refractivity contribution in [3.8, 4) is 0 Å². The van der Waals surface area contributed by atoms with Crippen LogP contribution in [0.1, 0.15) is 18.7 Å². The third kappa shape index (κ3) is 2.89. The minimum Gasteiger partial charge on any atom is -0.364 e. The minimum atomic E-state index is 0.433. The smallest absolute Gasteiger partial charge is 0.0648 e. The van der Waals surface area contributed by atoms with Gasteiger partial charge in [-0.25, -0.2) is 0 Å². The van der Waals surface area contributed by atoms with Gasteiger partial charge >= 0.3 is 0 Å². The summed E-state index contributed by atoms with van der Waals surface area (Å²) >= 11 is 0. The second-order valence-electron chi connectivity index (χ2n) is 5.06. The second-order valence-corrected chi connectivity index (χ2v) is 5.06. The minimum absolute atomic E-state index is 0.433. The van der Waals surface area contributed by atoms with Crippen molar-refractivity contribution in [1.82, 2.24) is 20.1 Å². The normalized spacial score (nSPS) is 21.6. The molecule has 1 fully saturated rings. The summed E-state index contributed by atoms with van der Waals surface area (Å²) in [6, 6.07) is 5.23. The summed E-state index contributed by atoms with van der Waals surface area (Å²) in [5, 5.41) is 3.41. The number of piperazine rings is 1. The van der Waals surface area contributed by atoms with E-state index in [0.29, 0.717) is 12.1 Å². The highest BCUT2D eigenvalue weighted by Gasteiger charge is 2.27. The van der Waals surface area contributed by atoms with Crippen LogP contribution < -0.4 is 5.32 Å². The van der Waals surface area contributed by atoms with Crippen molar-refractivity contribution in [3.63, 3.8) is 0 Å². The van der Waals surface area contributed by atoms with Crippen molar-refractivity contribution in [2.75, 3.05) is 40.3 Å². The summed E-state index contributed by atoms with van der Waals surface area (Å²) in [7, 11) is 4.31. The summed E-state index contributed by atoms with van der Waals surface area (Å²) in [4.78, 5) is 8.23. The van der Waals surface area contributed by atoms with Crippen LogP contribution in [0.4, 0.5) is 0 Å². The van der Waals surface area contributed by atoms with Crippen LogP contribution in [0.2, 0.25) is 0 Å². The van der Waals surface area contributed by atoms with E-state index in [2.05, 4.69) is 53.3 Å². The molecule has 2 rings (SSSR count). The Bertz CT molecular complexity index is 314. The van der Waals surface area contributed by atoms with Crippen LogP contribution in [-0.2, 0) is 0 Å². The third-order valence-corrected chi connectivity index (χ3v) is 3.68. The summed E-state index contributed by atoms with van der Waals surface area (Å²) < 4.78 is 0. The topological polar surface area (TPSA) is 34.3 Å². The van der Waals surface area contributed by atoms with E-state index in [9.17, 15) is 0 Å². The van der Waals surface area contributed by atoms with Crippen molar-refractivity contribution >= 4 is 0 Å². The maximum Gasteiger partial charge on any atom is 0.0648 e. The molecule has 4 heteroatoms. The predicted octanol–water partition coefficient (Wildman–Crippen LogP) is 0.911. The molecule has 2 N–H and O–H groups in total. The number of nitrogens with zero attached hydrogens (tertiary/aromatic N) is 2. The third-order valence-electron chi connectivity index (χ3n) is 3.68. The van der Waals surface area contributed by atoms with E-state index in [4.69, 9.17) is 0 Å². The van der Waals surface area contributed by atoms with Crippen molar-refractivity contribution < 1.29 is 0 Å². The van der Waals surface area contributed by atoms with Gasteiger partial charge < -0.3 is 10.3 Å². The van der Waals surface area contributed by atoms with Gasteiger partial charge in [-0.2, -0.15) is 0 Å². The molecule has 1 aliphatic heterocycles. The van der Waals surface area contributed by atoms with Gasteiger partial charge in [-0.3, -0.25) is 9.80 Å². The van der Waals surface area contributed by atoms with Gasteiger partial charge in [0.25, 0.3) is 0 Å². The van der Waals surface area contributed by atoms with E-state index < -0.39 is 0 Å². The first-order valence-electron chi connectivity index (χ1n) is 6.44. The van der Waals surface area contributed by atoms with Crippen molar-refractivity contribution in [1.29, 1.82) is 0 Å². The highest BCUT2D eigenvalue weighted by Crippen LogP contribution is 2.24. The molecule has 1 aromatic heterocycles. The molecule has 0 aromatic carbocycles. The molecule has 4 nitrogen and oxygen atoms in total. The summed E-state index contributed by atoms with van der Waals surface area (Å²) in [6.45, 7) is 6.83.